The molecule has 4 nitrogen and oxygen atoms in total. The third kappa shape index (κ3) is 3.66. The number of rotatable bonds is 4. The van der Waals surface area contributed by atoms with Crippen molar-refractivity contribution in [2.24, 2.45) is 5.41 Å². The summed E-state index contributed by atoms with van der Waals surface area (Å²) in [4.78, 5) is 18.8. The number of H-pyrrole nitrogens is 1. The molecular formula is C13H22N2O2. The van der Waals surface area contributed by atoms with Crippen LogP contribution in [0.5, 0.6) is 0 Å². The third-order valence-electron chi connectivity index (χ3n) is 2.54. The lowest BCUT2D eigenvalue weighted by atomic mass is 9.88. The number of hydrogen-bond donors (Lipinski definition) is 1. The van der Waals surface area contributed by atoms with Gasteiger partial charge in [-0.15, -0.1) is 0 Å². The van der Waals surface area contributed by atoms with Gasteiger partial charge in [-0.25, -0.2) is 4.98 Å². The molecule has 1 aromatic heterocycles. The van der Waals surface area contributed by atoms with E-state index in [1.54, 1.807) is 0 Å². The summed E-state index contributed by atoms with van der Waals surface area (Å²) in [6.07, 6.45) is 0.562. The normalized spacial score (nSPS) is 13.7. The minimum atomic E-state index is -0.188. The highest BCUT2D eigenvalue weighted by Gasteiger charge is 2.29. The van der Waals surface area contributed by atoms with Crippen LogP contribution in [-0.4, -0.2) is 16.6 Å². The van der Waals surface area contributed by atoms with Crippen LogP contribution in [0.15, 0.2) is 10.9 Å². The van der Waals surface area contributed by atoms with Crippen molar-refractivity contribution in [1.29, 1.82) is 0 Å². The molecular weight excluding hydrogens is 216 g/mol. The summed E-state index contributed by atoms with van der Waals surface area (Å²) in [5.41, 5.74) is 0.594. The highest BCUT2D eigenvalue weighted by atomic mass is 16.5. The van der Waals surface area contributed by atoms with Crippen LogP contribution in [0.4, 0.5) is 0 Å². The number of aryl methyl sites for hydroxylation is 1. The van der Waals surface area contributed by atoms with Crippen LogP contribution in [0, 0.1) is 5.41 Å². The third-order valence-corrected chi connectivity index (χ3v) is 2.54. The minimum absolute atomic E-state index is 0.0989. The molecule has 17 heavy (non-hydrogen) atoms. The van der Waals surface area contributed by atoms with E-state index >= 15 is 0 Å². The lowest BCUT2D eigenvalue weighted by Crippen LogP contribution is -2.26. The van der Waals surface area contributed by atoms with Crippen molar-refractivity contribution in [1.82, 2.24) is 9.97 Å². The van der Waals surface area contributed by atoms with Gasteiger partial charge < -0.3 is 9.72 Å². The molecule has 0 aliphatic heterocycles. The Morgan fingerprint density at radius 1 is 1.41 bits per heavy atom. The van der Waals surface area contributed by atoms with Gasteiger partial charge in [0.25, 0.3) is 5.56 Å². The van der Waals surface area contributed by atoms with Gasteiger partial charge in [0.05, 0.1) is 0 Å². The van der Waals surface area contributed by atoms with Crippen LogP contribution >= 0.6 is 0 Å². The van der Waals surface area contributed by atoms with Crippen molar-refractivity contribution >= 4 is 0 Å². The Kier molecular flexibility index (Phi) is 4.46. The number of ether oxygens (including phenoxy) is 1. The van der Waals surface area contributed by atoms with Crippen molar-refractivity contribution in [3.05, 3.63) is 27.9 Å². The molecule has 0 saturated heterocycles. The second-order valence-corrected chi connectivity index (χ2v) is 5.18. The predicted molar refractivity (Wildman–Crippen MR) is 68.1 cm³/mol. The standard InChI is InChI=1S/C13H22N2O2/c1-6-9-8-10(16)15-12(14-9)11(17-7-2)13(3,4)5/h8,11H,6-7H2,1-5H3,(H,14,15,16). The maximum absolute atomic E-state index is 11.6. The molecule has 0 bridgehead atoms. The summed E-state index contributed by atoms with van der Waals surface area (Å²) in [5.74, 6) is 0.628. The fourth-order valence-electron chi connectivity index (χ4n) is 1.74. The molecule has 0 aliphatic rings. The Bertz CT molecular complexity index is 418. The van der Waals surface area contributed by atoms with Gasteiger partial charge in [0, 0.05) is 18.4 Å². The highest BCUT2D eigenvalue weighted by molar-refractivity contribution is 5.06. The van der Waals surface area contributed by atoms with Gasteiger partial charge in [-0.3, -0.25) is 4.79 Å². The van der Waals surface area contributed by atoms with Crippen molar-refractivity contribution in [3.63, 3.8) is 0 Å². The summed E-state index contributed by atoms with van der Waals surface area (Å²) in [6.45, 7) is 10.8. The van der Waals surface area contributed by atoms with Crippen molar-refractivity contribution in [3.8, 4) is 0 Å². The van der Waals surface area contributed by atoms with Gasteiger partial charge in [0.2, 0.25) is 0 Å². The predicted octanol–water partition coefficient (Wildman–Crippen LogP) is 2.46. The van der Waals surface area contributed by atoms with E-state index in [1.165, 1.54) is 6.07 Å². The molecule has 0 amide bonds. The first-order chi connectivity index (χ1) is 7.88. The molecule has 1 N–H and O–H groups in total. The molecule has 1 atom stereocenters. The zero-order valence-corrected chi connectivity index (χ0v) is 11.3. The minimum Gasteiger partial charge on any atom is -0.370 e. The molecule has 1 unspecified atom stereocenters. The van der Waals surface area contributed by atoms with E-state index in [-0.39, 0.29) is 17.1 Å². The Morgan fingerprint density at radius 2 is 2.06 bits per heavy atom. The second-order valence-electron chi connectivity index (χ2n) is 5.18. The fraction of sp³-hybridized carbons (Fsp3) is 0.692. The maximum Gasteiger partial charge on any atom is 0.251 e. The topological polar surface area (TPSA) is 55.0 Å². The molecule has 0 aromatic carbocycles. The van der Waals surface area contributed by atoms with E-state index in [0.29, 0.717) is 12.4 Å². The van der Waals surface area contributed by atoms with Crippen LogP contribution in [0.3, 0.4) is 0 Å². The molecule has 0 aliphatic carbocycles. The first-order valence-corrected chi connectivity index (χ1v) is 6.10. The average Bonchev–Trinajstić information content (AvgIpc) is 2.23. The lowest BCUT2D eigenvalue weighted by Gasteiger charge is -2.29. The summed E-state index contributed by atoms with van der Waals surface area (Å²) >= 11 is 0. The SMILES string of the molecule is CCOC(c1nc(CC)cc(=O)[nH]1)C(C)(C)C. The summed E-state index contributed by atoms with van der Waals surface area (Å²) in [5, 5.41) is 0. The first kappa shape index (κ1) is 13.9. The lowest BCUT2D eigenvalue weighted by molar-refractivity contribution is -0.0193. The molecule has 1 aromatic rings. The maximum atomic E-state index is 11.6. The summed E-state index contributed by atoms with van der Waals surface area (Å²) in [7, 11) is 0. The van der Waals surface area contributed by atoms with Gasteiger partial charge in [0.15, 0.2) is 0 Å². The van der Waals surface area contributed by atoms with Crippen LogP contribution in [0.2, 0.25) is 0 Å². The van der Waals surface area contributed by atoms with Gasteiger partial charge in [0.1, 0.15) is 11.9 Å². The largest absolute Gasteiger partial charge is 0.370 e. The summed E-state index contributed by atoms with van der Waals surface area (Å²) in [6, 6.07) is 1.54. The molecule has 1 heterocycles. The molecule has 4 heteroatoms. The Hall–Kier alpha value is -1.16. The van der Waals surface area contributed by atoms with Crippen LogP contribution in [-0.2, 0) is 11.2 Å². The van der Waals surface area contributed by atoms with Crippen molar-refractivity contribution in [2.75, 3.05) is 6.61 Å². The number of aromatic amines is 1. The number of nitrogens with one attached hydrogen (secondary N) is 1. The van der Waals surface area contributed by atoms with E-state index < -0.39 is 0 Å². The van der Waals surface area contributed by atoms with Crippen LogP contribution in [0.25, 0.3) is 0 Å². The van der Waals surface area contributed by atoms with Crippen molar-refractivity contribution in [2.45, 2.75) is 47.1 Å². The molecule has 0 radical (unpaired) electrons. The quantitative estimate of drug-likeness (QED) is 0.876. The zero-order valence-electron chi connectivity index (χ0n) is 11.3. The number of hydrogen-bond acceptors (Lipinski definition) is 3. The summed E-state index contributed by atoms with van der Waals surface area (Å²) < 4.78 is 5.71. The number of nitrogens with zero attached hydrogens (tertiary/aromatic N) is 1. The average molecular weight is 238 g/mol. The van der Waals surface area contributed by atoms with Gasteiger partial charge in [-0.05, 0) is 18.8 Å². The number of aromatic nitrogens is 2. The molecule has 1 rings (SSSR count). The van der Waals surface area contributed by atoms with E-state index in [2.05, 4.69) is 30.7 Å². The van der Waals surface area contributed by atoms with E-state index in [4.69, 9.17) is 4.74 Å². The van der Waals surface area contributed by atoms with Crippen molar-refractivity contribution < 1.29 is 4.74 Å². The van der Waals surface area contributed by atoms with Crippen LogP contribution in [0.1, 0.15) is 52.2 Å². The van der Waals surface area contributed by atoms with Gasteiger partial charge in [-0.1, -0.05) is 27.7 Å². The van der Waals surface area contributed by atoms with E-state index in [0.717, 1.165) is 12.1 Å². The molecule has 0 saturated carbocycles. The molecule has 96 valence electrons. The van der Waals surface area contributed by atoms with Crippen LogP contribution < -0.4 is 5.56 Å². The first-order valence-electron chi connectivity index (χ1n) is 6.10. The Balaban J connectivity index is 3.18. The van der Waals surface area contributed by atoms with E-state index in [1.807, 2.05) is 13.8 Å². The van der Waals surface area contributed by atoms with E-state index in [9.17, 15) is 4.79 Å². The Labute approximate surface area is 102 Å². The van der Waals surface area contributed by atoms with Gasteiger partial charge in [-0.2, -0.15) is 0 Å². The Morgan fingerprint density at radius 3 is 2.53 bits per heavy atom. The monoisotopic (exact) mass is 238 g/mol. The smallest absolute Gasteiger partial charge is 0.251 e. The second kappa shape index (κ2) is 5.45. The fourth-order valence-corrected chi connectivity index (χ4v) is 1.74. The molecule has 0 fully saturated rings. The molecule has 0 spiro atoms. The highest BCUT2D eigenvalue weighted by Crippen LogP contribution is 2.33. The van der Waals surface area contributed by atoms with Gasteiger partial charge >= 0.3 is 0 Å². The zero-order chi connectivity index (χ0) is 13.1.